The molecular weight excluding hydrogens is 268 g/mol. The van der Waals surface area contributed by atoms with Crippen LogP contribution in [0.4, 0.5) is 0 Å². The van der Waals surface area contributed by atoms with Gasteiger partial charge in [-0.25, -0.2) is 0 Å². The van der Waals surface area contributed by atoms with E-state index >= 15 is 0 Å². The van der Waals surface area contributed by atoms with Gasteiger partial charge in [0.1, 0.15) is 11.5 Å². The molecule has 0 aliphatic carbocycles. The predicted molar refractivity (Wildman–Crippen MR) is 84.5 cm³/mol. The number of rotatable bonds is 2. The summed E-state index contributed by atoms with van der Waals surface area (Å²) in [5, 5.41) is 11.9. The van der Waals surface area contributed by atoms with Gasteiger partial charge in [-0.3, -0.25) is 0 Å². The maximum absolute atomic E-state index is 10.0. The molecule has 2 nitrogen and oxygen atoms in total. The molecule has 0 atom stereocenters. The summed E-state index contributed by atoms with van der Waals surface area (Å²) < 4.78 is 6.35. The zero-order valence-corrected chi connectivity index (χ0v) is 13.1. The molecule has 1 aliphatic heterocycles. The fourth-order valence-electron chi connectivity index (χ4n) is 2.93. The molecule has 0 fully saturated rings. The topological polar surface area (TPSA) is 29.5 Å². The molecular formula is C17H20O2S. The van der Waals surface area contributed by atoms with Crippen molar-refractivity contribution in [2.24, 2.45) is 11.8 Å². The van der Waals surface area contributed by atoms with Gasteiger partial charge in [0.2, 0.25) is 0 Å². The average Bonchev–Trinajstić information content (AvgIpc) is 2.77. The maximum Gasteiger partial charge on any atom is 0.163 e. The first-order valence-corrected chi connectivity index (χ1v) is 7.89. The molecule has 0 bridgehead atoms. The molecule has 1 N–H and O–H groups in total. The van der Waals surface area contributed by atoms with Gasteiger partial charge in [0.25, 0.3) is 0 Å². The first-order chi connectivity index (χ1) is 9.44. The SMILES string of the molecule is CC(C)C1(C(C)C)Oc2cc3cccc(O)c3cc2S1. The Morgan fingerprint density at radius 3 is 2.45 bits per heavy atom. The number of fused-ring (bicyclic) bond motifs is 2. The van der Waals surface area contributed by atoms with Crippen LogP contribution in [0.15, 0.2) is 35.2 Å². The minimum absolute atomic E-state index is 0.213. The second-order valence-electron chi connectivity index (χ2n) is 6.03. The first-order valence-electron chi connectivity index (χ1n) is 7.08. The van der Waals surface area contributed by atoms with Crippen molar-refractivity contribution < 1.29 is 9.84 Å². The molecule has 3 heteroatoms. The summed E-state index contributed by atoms with van der Waals surface area (Å²) in [5.74, 6) is 2.10. The van der Waals surface area contributed by atoms with Gasteiger partial charge in [0.05, 0.1) is 4.90 Å². The molecule has 106 valence electrons. The average molecular weight is 288 g/mol. The number of phenolic OH excluding ortho intramolecular Hbond substituents is 1. The zero-order valence-electron chi connectivity index (χ0n) is 12.3. The van der Waals surface area contributed by atoms with Crippen molar-refractivity contribution >= 4 is 22.5 Å². The number of ether oxygens (including phenoxy) is 1. The van der Waals surface area contributed by atoms with E-state index in [4.69, 9.17) is 4.74 Å². The lowest BCUT2D eigenvalue weighted by Crippen LogP contribution is -2.40. The van der Waals surface area contributed by atoms with Gasteiger partial charge in [0.15, 0.2) is 4.93 Å². The van der Waals surface area contributed by atoms with Gasteiger partial charge < -0.3 is 9.84 Å². The minimum Gasteiger partial charge on any atom is -0.507 e. The minimum atomic E-state index is -0.213. The zero-order chi connectivity index (χ0) is 14.5. The maximum atomic E-state index is 10.0. The van der Waals surface area contributed by atoms with Crippen LogP contribution in [0.5, 0.6) is 11.5 Å². The number of phenols is 1. The van der Waals surface area contributed by atoms with Crippen molar-refractivity contribution in [2.75, 3.05) is 0 Å². The summed E-state index contributed by atoms with van der Waals surface area (Å²) >= 11 is 1.79. The second kappa shape index (κ2) is 4.59. The summed E-state index contributed by atoms with van der Waals surface area (Å²) in [6, 6.07) is 9.70. The van der Waals surface area contributed by atoms with Gasteiger partial charge in [-0.05, 0) is 23.6 Å². The van der Waals surface area contributed by atoms with Crippen LogP contribution in [-0.2, 0) is 0 Å². The van der Waals surface area contributed by atoms with Gasteiger partial charge in [-0.15, -0.1) is 0 Å². The molecule has 2 aromatic rings. The largest absolute Gasteiger partial charge is 0.507 e. The molecule has 0 amide bonds. The molecule has 0 aromatic heterocycles. The number of hydrogen-bond acceptors (Lipinski definition) is 3. The quantitative estimate of drug-likeness (QED) is 0.839. The Bertz CT molecular complexity index is 653. The van der Waals surface area contributed by atoms with Crippen LogP contribution in [0, 0.1) is 11.8 Å². The van der Waals surface area contributed by atoms with Gasteiger partial charge in [0, 0.05) is 17.2 Å². The van der Waals surface area contributed by atoms with E-state index in [0.717, 1.165) is 21.4 Å². The third-order valence-corrected chi connectivity index (χ3v) is 5.95. The predicted octanol–water partition coefficient (Wildman–Crippen LogP) is 5.04. The Hall–Kier alpha value is -1.35. The first kappa shape index (κ1) is 13.6. The van der Waals surface area contributed by atoms with E-state index in [1.54, 1.807) is 17.8 Å². The Labute approximate surface area is 124 Å². The summed E-state index contributed by atoms with van der Waals surface area (Å²) in [5.41, 5.74) is 0. The Morgan fingerprint density at radius 2 is 1.80 bits per heavy atom. The van der Waals surface area contributed by atoms with Gasteiger partial charge in [-0.2, -0.15) is 0 Å². The van der Waals surface area contributed by atoms with Crippen LogP contribution in [0.1, 0.15) is 27.7 Å². The van der Waals surface area contributed by atoms with Crippen molar-refractivity contribution in [2.45, 2.75) is 37.5 Å². The van der Waals surface area contributed by atoms with E-state index in [9.17, 15) is 5.11 Å². The highest BCUT2D eigenvalue weighted by molar-refractivity contribution is 8.01. The number of hydrogen-bond donors (Lipinski definition) is 1. The van der Waals surface area contributed by atoms with E-state index < -0.39 is 0 Å². The summed E-state index contributed by atoms with van der Waals surface area (Å²) in [6.45, 7) is 8.82. The highest BCUT2D eigenvalue weighted by atomic mass is 32.2. The molecule has 1 heterocycles. The van der Waals surface area contributed by atoms with Crippen molar-refractivity contribution in [3.8, 4) is 11.5 Å². The number of aromatic hydroxyl groups is 1. The van der Waals surface area contributed by atoms with Crippen LogP contribution in [0.2, 0.25) is 0 Å². The second-order valence-corrected chi connectivity index (χ2v) is 7.31. The summed E-state index contributed by atoms with van der Waals surface area (Å²) in [4.78, 5) is 0.913. The van der Waals surface area contributed by atoms with Gasteiger partial charge >= 0.3 is 0 Å². The van der Waals surface area contributed by atoms with Crippen LogP contribution in [0.25, 0.3) is 10.8 Å². The molecule has 0 saturated carbocycles. The van der Waals surface area contributed by atoms with E-state index in [1.807, 2.05) is 18.2 Å². The molecule has 20 heavy (non-hydrogen) atoms. The fourth-order valence-corrected chi connectivity index (χ4v) is 4.25. The third-order valence-electron chi connectivity index (χ3n) is 4.07. The third kappa shape index (κ3) is 1.87. The fraction of sp³-hybridized carbons (Fsp3) is 0.412. The van der Waals surface area contributed by atoms with Crippen LogP contribution < -0.4 is 4.74 Å². The van der Waals surface area contributed by atoms with E-state index in [1.165, 1.54) is 0 Å². The Kier molecular flexibility index (Phi) is 3.13. The molecule has 0 unspecified atom stereocenters. The van der Waals surface area contributed by atoms with E-state index in [-0.39, 0.29) is 4.93 Å². The molecule has 3 rings (SSSR count). The van der Waals surface area contributed by atoms with Crippen LogP contribution in [0.3, 0.4) is 0 Å². The Morgan fingerprint density at radius 1 is 1.10 bits per heavy atom. The molecule has 0 radical (unpaired) electrons. The summed E-state index contributed by atoms with van der Waals surface area (Å²) in [6.07, 6.45) is 0. The van der Waals surface area contributed by atoms with Crippen LogP contribution in [-0.4, -0.2) is 10.0 Å². The van der Waals surface area contributed by atoms with Crippen molar-refractivity contribution in [1.29, 1.82) is 0 Å². The molecule has 2 aromatic carbocycles. The normalized spacial score (nSPS) is 16.7. The van der Waals surface area contributed by atoms with Crippen molar-refractivity contribution in [3.05, 3.63) is 30.3 Å². The lowest BCUT2D eigenvalue weighted by molar-refractivity contribution is 0.0757. The van der Waals surface area contributed by atoms with Crippen molar-refractivity contribution in [3.63, 3.8) is 0 Å². The molecule has 1 aliphatic rings. The molecule has 0 spiro atoms. The number of thioether (sulfide) groups is 1. The Balaban J connectivity index is 2.14. The highest BCUT2D eigenvalue weighted by Crippen LogP contribution is 2.55. The van der Waals surface area contributed by atoms with Crippen molar-refractivity contribution in [1.82, 2.24) is 0 Å². The molecule has 0 saturated heterocycles. The smallest absolute Gasteiger partial charge is 0.163 e. The van der Waals surface area contributed by atoms with Gasteiger partial charge in [-0.1, -0.05) is 51.6 Å². The lowest BCUT2D eigenvalue weighted by atomic mass is 9.95. The summed E-state index contributed by atoms with van der Waals surface area (Å²) in [7, 11) is 0. The number of benzene rings is 2. The van der Waals surface area contributed by atoms with E-state index in [0.29, 0.717) is 17.6 Å². The lowest BCUT2D eigenvalue weighted by Gasteiger charge is -2.35. The van der Waals surface area contributed by atoms with E-state index in [2.05, 4.69) is 33.8 Å². The standard InChI is InChI=1S/C17H20O2S/c1-10(2)17(11(3)4)19-15-8-12-6-5-7-14(18)13(12)9-16(15)20-17/h5-11,18H,1-4H3. The monoisotopic (exact) mass is 288 g/mol. The highest BCUT2D eigenvalue weighted by Gasteiger charge is 2.46. The van der Waals surface area contributed by atoms with Crippen LogP contribution >= 0.6 is 11.8 Å².